The fourth-order valence-corrected chi connectivity index (χ4v) is 3.59. The molecule has 0 aromatic heterocycles. The molecule has 120 valence electrons. The lowest BCUT2D eigenvalue weighted by atomic mass is 10.3. The molecule has 3 rings (SSSR count). The maximum atomic E-state index is 13.1. The molecule has 0 saturated heterocycles. The number of amides is 1. The molecule has 1 amide bonds. The Hall–Kier alpha value is -2.16. The van der Waals surface area contributed by atoms with E-state index in [-0.39, 0.29) is 15.6 Å². The zero-order chi connectivity index (χ0) is 16.6. The molecular formula is C14H11ClFN3O3S. The van der Waals surface area contributed by atoms with E-state index in [0.717, 1.165) is 6.07 Å². The molecule has 2 aromatic rings. The molecule has 1 heterocycles. The number of fused-ring (bicyclic) bond motifs is 1. The number of benzene rings is 2. The first-order valence-corrected chi connectivity index (χ1v) is 8.37. The standard InChI is InChI=1S/C14H11ClFN3O3S/c15-9-7-8(5-6-10(9)16)17-14(20)13-18-11-3-1-2-4-12(11)23(21,22)19-13/h1-7,13,18-19H,(H,17,20). The summed E-state index contributed by atoms with van der Waals surface area (Å²) in [7, 11) is -3.80. The van der Waals surface area contributed by atoms with Crippen molar-refractivity contribution >= 4 is 38.9 Å². The van der Waals surface area contributed by atoms with Crippen LogP contribution in [0.3, 0.4) is 0 Å². The van der Waals surface area contributed by atoms with Crippen LogP contribution >= 0.6 is 11.6 Å². The van der Waals surface area contributed by atoms with E-state index in [9.17, 15) is 17.6 Å². The van der Waals surface area contributed by atoms with Gasteiger partial charge in [0.25, 0.3) is 5.91 Å². The molecule has 0 aliphatic carbocycles. The van der Waals surface area contributed by atoms with Gasteiger partial charge in [0.05, 0.1) is 10.7 Å². The molecule has 0 saturated carbocycles. The first-order chi connectivity index (χ1) is 10.9. The SMILES string of the molecule is O=C(Nc1ccc(F)c(Cl)c1)C1Nc2ccccc2S(=O)(=O)N1. The molecule has 2 aromatic carbocycles. The molecule has 6 nitrogen and oxygen atoms in total. The van der Waals surface area contributed by atoms with Gasteiger partial charge >= 0.3 is 0 Å². The third kappa shape index (κ3) is 3.14. The average molecular weight is 356 g/mol. The van der Waals surface area contributed by atoms with Crippen molar-refractivity contribution < 1.29 is 17.6 Å². The van der Waals surface area contributed by atoms with Gasteiger partial charge in [-0.1, -0.05) is 23.7 Å². The van der Waals surface area contributed by atoms with E-state index in [4.69, 9.17) is 11.6 Å². The maximum Gasteiger partial charge on any atom is 0.262 e. The molecule has 23 heavy (non-hydrogen) atoms. The van der Waals surface area contributed by atoms with Gasteiger partial charge in [-0.15, -0.1) is 0 Å². The van der Waals surface area contributed by atoms with Crippen LogP contribution in [0.4, 0.5) is 15.8 Å². The van der Waals surface area contributed by atoms with Gasteiger partial charge in [0, 0.05) is 5.69 Å². The Morgan fingerprint density at radius 2 is 1.96 bits per heavy atom. The highest BCUT2D eigenvalue weighted by Gasteiger charge is 2.32. The van der Waals surface area contributed by atoms with E-state index in [1.54, 1.807) is 18.2 Å². The van der Waals surface area contributed by atoms with Gasteiger partial charge in [-0.3, -0.25) is 4.79 Å². The van der Waals surface area contributed by atoms with Gasteiger partial charge in [-0.25, -0.2) is 12.8 Å². The summed E-state index contributed by atoms with van der Waals surface area (Å²) in [6, 6.07) is 9.89. The number of sulfonamides is 1. The predicted octanol–water partition coefficient (Wildman–Crippen LogP) is 2.15. The number of carbonyl (C=O) groups is 1. The number of para-hydroxylation sites is 1. The minimum absolute atomic E-state index is 0.0638. The number of hydrogen-bond acceptors (Lipinski definition) is 4. The maximum absolute atomic E-state index is 13.1. The number of carbonyl (C=O) groups excluding carboxylic acids is 1. The van der Waals surface area contributed by atoms with Crippen LogP contribution in [0.25, 0.3) is 0 Å². The highest BCUT2D eigenvalue weighted by molar-refractivity contribution is 7.89. The van der Waals surface area contributed by atoms with Crippen molar-refractivity contribution in [1.29, 1.82) is 0 Å². The third-order valence-corrected chi connectivity index (χ3v) is 4.97. The summed E-state index contributed by atoms with van der Waals surface area (Å²) in [5.41, 5.74) is 0.574. The minimum atomic E-state index is -3.80. The van der Waals surface area contributed by atoms with E-state index in [1.807, 2.05) is 0 Å². The summed E-state index contributed by atoms with van der Waals surface area (Å²) in [5, 5.41) is 5.11. The zero-order valence-corrected chi connectivity index (χ0v) is 13.1. The number of halogens is 2. The molecular weight excluding hydrogens is 345 g/mol. The second-order valence-corrected chi connectivity index (χ2v) is 6.90. The van der Waals surface area contributed by atoms with E-state index < -0.39 is 27.9 Å². The first-order valence-electron chi connectivity index (χ1n) is 6.51. The molecule has 1 aliphatic rings. The van der Waals surface area contributed by atoms with Crippen molar-refractivity contribution in [3.8, 4) is 0 Å². The van der Waals surface area contributed by atoms with Gasteiger partial charge in [-0.2, -0.15) is 4.72 Å². The van der Waals surface area contributed by atoms with Crippen molar-refractivity contribution in [3.63, 3.8) is 0 Å². The summed E-state index contributed by atoms with van der Waals surface area (Å²) >= 11 is 5.64. The average Bonchev–Trinajstić information content (AvgIpc) is 2.50. The van der Waals surface area contributed by atoms with E-state index in [1.165, 1.54) is 18.2 Å². The van der Waals surface area contributed by atoms with Gasteiger partial charge in [-0.05, 0) is 30.3 Å². The Balaban J connectivity index is 1.83. The Bertz CT molecular complexity index is 889. The van der Waals surface area contributed by atoms with Crippen molar-refractivity contribution in [2.24, 2.45) is 0 Å². The second-order valence-electron chi connectivity index (χ2n) is 4.81. The second kappa shape index (κ2) is 5.80. The van der Waals surface area contributed by atoms with Crippen LogP contribution in [0.1, 0.15) is 0 Å². The smallest absolute Gasteiger partial charge is 0.262 e. The number of hydrogen-bond donors (Lipinski definition) is 3. The van der Waals surface area contributed by atoms with Crippen molar-refractivity contribution in [1.82, 2.24) is 4.72 Å². The van der Waals surface area contributed by atoms with Crippen LogP contribution in [0.5, 0.6) is 0 Å². The molecule has 0 radical (unpaired) electrons. The lowest BCUT2D eigenvalue weighted by Crippen LogP contribution is -2.51. The Morgan fingerprint density at radius 1 is 1.22 bits per heavy atom. The third-order valence-electron chi connectivity index (χ3n) is 3.20. The monoisotopic (exact) mass is 355 g/mol. The summed E-state index contributed by atoms with van der Waals surface area (Å²) < 4.78 is 39.6. The summed E-state index contributed by atoms with van der Waals surface area (Å²) in [5.74, 6) is -1.26. The van der Waals surface area contributed by atoms with Crippen LogP contribution in [-0.2, 0) is 14.8 Å². The molecule has 9 heteroatoms. The topological polar surface area (TPSA) is 87.3 Å². The molecule has 3 N–H and O–H groups in total. The van der Waals surface area contributed by atoms with Crippen molar-refractivity contribution in [3.05, 3.63) is 53.3 Å². The lowest BCUT2D eigenvalue weighted by Gasteiger charge is -2.27. The first kappa shape index (κ1) is 15.7. The highest BCUT2D eigenvalue weighted by atomic mass is 35.5. The lowest BCUT2D eigenvalue weighted by molar-refractivity contribution is -0.117. The van der Waals surface area contributed by atoms with Gasteiger partial charge < -0.3 is 10.6 Å². The fraction of sp³-hybridized carbons (Fsp3) is 0.0714. The van der Waals surface area contributed by atoms with E-state index >= 15 is 0 Å². The van der Waals surface area contributed by atoms with Crippen LogP contribution in [0, 0.1) is 5.82 Å². The Labute approximate surface area is 136 Å². The quantitative estimate of drug-likeness (QED) is 0.770. The van der Waals surface area contributed by atoms with Crippen LogP contribution in [0.2, 0.25) is 5.02 Å². The molecule has 1 atom stereocenters. The van der Waals surface area contributed by atoms with Crippen LogP contribution in [0.15, 0.2) is 47.4 Å². The molecule has 1 aliphatic heterocycles. The van der Waals surface area contributed by atoms with Crippen LogP contribution in [-0.4, -0.2) is 20.5 Å². The van der Waals surface area contributed by atoms with E-state index in [0.29, 0.717) is 5.69 Å². The van der Waals surface area contributed by atoms with Crippen LogP contribution < -0.4 is 15.4 Å². The summed E-state index contributed by atoms with van der Waals surface area (Å²) in [4.78, 5) is 12.3. The molecule has 0 fully saturated rings. The number of anilines is 2. The Kier molecular flexibility index (Phi) is 3.97. The predicted molar refractivity (Wildman–Crippen MR) is 84.2 cm³/mol. The summed E-state index contributed by atoms with van der Waals surface area (Å²) in [6.07, 6.45) is -1.20. The molecule has 0 spiro atoms. The van der Waals surface area contributed by atoms with Gasteiger partial charge in [0.15, 0.2) is 6.17 Å². The van der Waals surface area contributed by atoms with Gasteiger partial charge in [0.1, 0.15) is 10.7 Å². The normalized spacial score (nSPS) is 18.6. The molecule has 0 bridgehead atoms. The number of rotatable bonds is 2. The highest BCUT2D eigenvalue weighted by Crippen LogP contribution is 2.26. The fourth-order valence-electron chi connectivity index (χ4n) is 2.13. The summed E-state index contributed by atoms with van der Waals surface area (Å²) in [6.45, 7) is 0. The minimum Gasteiger partial charge on any atom is -0.360 e. The number of nitrogens with one attached hydrogen (secondary N) is 3. The Morgan fingerprint density at radius 3 is 2.70 bits per heavy atom. The van der Waals surface area contributed by atoms with Gasteiger partial charge in [0.2, 0.25) is 10.0 Å². The largest absolute Gasteiger partial charge is 0.360 e. The van der Waals surface area contributed by atoms with Crippen molar-refractivity contribution in [2.45, 2.75) is 11.1 Å². The van der Waals surface area contributed by atoms with E-state index in [2.05, 4.69) is 15.4 Å². The molecule has 1 unspecified atom stereocenters. The zero-order valence-electron chi connectivity index (χ0n) is 11.5. The van der Waals surface area contributed by atoms with Crippen molar-refractivity contribution in [2.75, 3.05) is 10.6 Å².